The number of nitrogens with two attached hydrogens (primary N) is 1. The molecule has 0 radical (unpaired) electrons. The van der Waals surface area contributed by atoms with Crippen molar-refractivity contribution in [2.45, 2.75) is 26.3 Å². The Labute approximate surface area is 123 Å². The quantitative estimate of drug-likeness (QED) is 0.815. The SMILES string of the molecule is CCC(C)[C@H](N)C(=O)Nc1ccc2c(c1)C(=O)N(C)C2=O. The summed E-state index contributed by atoms with van der Waals surface area (Å²) in [6, 6.07) is 4.05. The zero-order valence-electron chi connectivity index (χ0n) is 12.3. The minimum atomic E-state index is -0.608. The Balaban J connectivity index is 2.20. The fourth-order valence-corrected chi connectivity index (χ4v) is 2.18. The van der Waals surface area contributed by atoms with Crippen molar-refractivity contribution in [1.82, 2.24) is 4.90 Å². The Bertz CT molecular complexity index is 612. The van der Waals surface area contributed by atoms with Gasteiger partial charge < -0.3 is 11.1 Å². The van der Waals surface area contributed by atoms with Crippen LogP contribution in [0, 0.1) is 5.92 Å². The van der Waals surface area contributed by atoms with E-state index in [1.165, 1.54) is 13.1 Å². The lowest BCUT2D eigenvalue weighted by Crippen LogP contribution is -2.40. The number of fused-ring (bicyclic) bond motifs is 1. The molecule has 1 aliphatic heterocycles. The van der Waals surface area contributed by atoms with E-state index in [1.807, 2.05) is 13.8 Å². The van der Waals surface area contributed by atoms with E-state index in [9.17, 15) is 14.4 Å². The van der Waals surface area contributed by atoms with Crippen LogP contribution in [0.15, 0.2) is 18.2 Å². The number of rotatable bonds is 4. The van der Waals surface area contributed by atoms with Crippen LogP contribution < -0.4 is 11.1 Å². The first-order valence-electron chi connectivity index (χ1n) is 6.89. The van der Waals surface area contributed by atoms with E-state index in [0.717, 1.165) is 11.3 Å². The topological polar surface area (TPSA) is 92.5 Å². The molecule has 0 fully saturated rings. The summed E-state index contributed by atoms with van der Waals surface area (Å²) in [5, 5.41) is 2.69. The van der Waals surface area contributed by atoms with Gasteiger partial charge in [0.1, 0.15) is 0 Å². The third-order valence-electron chi connectivity index (χ3n) is 3.92. The molecular weight excluding hydrogens is 270 g/mol. The molecule has 3 amide bonds. The highest BCUT2D eigenvalue weighted by Gasteiger charge is 2.33. The van der Waals surface area contributed by atoms with Crippen LogP contribution in [0.5, 0.6) is 0 Å². The maximum Gasteiger partial charge on any atom is 0.261 e. The van der Waals surface area contributed by atoms with E-state index in [4.69, 9.17) is 5.73 Å². The molecule has 0 spiro atoms. The molecule has 1 aromatic rings. The van der Waals surface area contributed by atoms with Crippen molar-refractivity contribution >= 4 is 23.4 Å². The number of carbonyl (C=O) groups excluding carboxylic acids is 3. The first-order valence-corrected chi connectivity index (χ1v) is 6.89. The molecule has 0 aromatic heterocycles. The van der Waals surface area contributed by atoms with E-state index in [0.29, 0.717) is 16.8 Å². The molecule has 112 valence electrons. The first-order chi connectivity index (χ1) is 9.86. The summed E-state index contributed by atoms with van der Waals surface area (Å²) < 4.78 is 0. The third-order valence-corrected chi connectivity index (χ3v) is 3.92. The monoisotopic (exact) mass is 289 g/mol. The maximum absolute atomic E-state index is 12.0. The van der Waals surface area contributed by atoms with Crippen LogP contribution in [0.3, 0.4) is 0 Å². The number of amides is 3. The van der Waals surface area contributed by atoms with Gasteiger partial charge in [0.2, 0.25) is 5.91 Å². The van der Waals surface area contributed by atoms with Crippen molar-refractivity contribution < 1.29 is 14.4 Å². The highest BCUT2D eigenvalue weighted by atomic mass is 16.2. The molecule has 0 aliphatic carbocycles. The summed E-state index contributed by atoms with van der Waals surface area (Å²) in [5.74, 6) is -0.926. The molecule has 0 saturated carbocycles. The fraction of sp³-hybridized carbons (Fsp3) is 0.400. The zero-order chi connectivity index (χ0) is 15.7. The number of nitrogens with one attached hydrogen (secondary N) is 1. The van der Waals surface area contributed by atoms with Crippen LogP contribution in [0.1, 0.15) is 41.0 Å². The summed E-state index contributed by atoms with van der Waals surface area (Å²) in [4.78, 5) is 36.8. The van der Waals surface area contributed by atoms with Crippen LogP contribution in [-0.4, -0.2) is 35.7 Å². The molecule has 6 heteroatoms. The van der Waals surface area contributed by atoms with Crippen molar-refractivity contribution in [3.05, 3.63) is 29.3 Å². The van der Waals surface area contributed by atoms with Gasteiger partial charge in [0.25, 0.3) is 11.8 Å². The average Bonchev–Trinajstić information content (AvgIpc) is 2.70. The van der Waals surface area contributed by atoms with Gasteiger partial charge in [-0.3, -0.25) is 19.3 Å². The van der Waals surface area contributed by atoms with Gasteiger partial charge in [0.15, 0.2) is 0 Å². The number of benzene rings is 1. The van der Waals surface area contributed by atoms with Gasteiger partial charge >= 0.3 is 0 Å². The molecule has 3 N–H and O–H groups in total. The Morgan fingerprint density at radius 1 is 1.29 bits per heavy atom. The van der Waals surface area contributed by atoms with Gasteiger partial charge in [0, 0.05) is 12.7 Å². The second kappa shape index (κ2) is 5.65. The number of nitrogens with zero attached hydrogens (tertiary/aromatic N) is 1. The highest BCUT2D eigenvalue weighted by Crippen LogP contribution is 2.25. The minimum absolute atomic E-state index is 0.0637. The molecule has 0 saturated heterocycles. The number of hydrogen-bond acceptors (Lipinski definition) is 4. The van der Waals surface area contributed by atoms with Gasteiger partial charge in [-0.25, -0.2) is 0 Å². The van der Waals surface area contributed by atoms with Crippen molar-refractivity contribution in [2.75, 3.05) is 12.4 Å². The van der Waals surface area contributed by atoms with Crippen molar-refractivity contribution in [3.63, 3.8) is 0 Å². The number of imide groups is 1. The van der Waals surface area contributed by atoms with E-state index in [2.05, 4.69) is 5.32 Å². The summed E-state index contributed by atoms with van der Waals surface area (Å²) in [6.45, 7) is 3.87. The predicted molar refractivity (Wildman–Crippen MR) is 78.9 cm³/mol. The van der Waals surface area contributed by atoms with Gasteiger partial charge in [-0.1, -0.05) is 20.3 Å². The molecule has 1 aliphatic rings. The van der Waals surface area contributed by atoms with Crippen molar-refractivity contribution in [3.8, 4) is 0 Å². The Morgan fingerprint density at radius 3 is 2.52 bits per heavy atom. The molecule has 1 unspecified atom stereocenters. The summed E-state index contributed by atoms with van der Waals surface area (Å²) >= 11 is 0. The summed E-state index contributed by atoms with van der Waals surface area (Å²) in [5.41, 5.74) is 6.99. The normalized spacial score (nSPS) is 16.7. The number of carbonyl (C=O) groups is 3. The van der Waals surface area contributed by atoms with Crippen LogP contribution in [0.4, 0.5) is 5.69 Å². The molecular formula is C15H19N3O3. The standard InChI is InChI=1S/C15H19N3O3/c1-4-8(2)12(16)13(19)17-9-5-6-10-11(7-9)15(21)18(3)14(10)20/h5-8,12H,4,16H2,1-3H3,(H,17,19)/t8?,12-/m0/s1. The van der Waals surface area contributed by atoms with E-state index >= 15 is 0 Å². The largest absolute Gasteiger partial charge is 0.325 e. The Hall–Kier alpha value is -2.21. The molecule has 1 heterocycles. The molecule has 6 nitrogen and oxygen atoms in total. The predicted octanol–water partition coefficient (Wildman–Crippen LogP) is 1.22. The molecule has 2 rings (SSSR count). The second-order valence-corrected chi connectivity index (χ2v) is 5.33. The lowest BCUT2D eigenvalue weighted by molar-refractivity contribution is -0.118. The zero-order valence-corrected chi connectivity index (χ0v) is 12.3. The van der Waals surface area contributed by atoms with Crippen LogP contribution in [-0.2, 0) is 4.79 Å². The van der Waals surface area contributed by atoms with Gasteiger partial charge in [-0.05, 0) is 24.1 Å². The summed E-state index contributed by atoms with van der Waals surface area (Å²) in [7, 11) is 1.43. The molecule has 1 aromatic carbocycles. The van der Waals surface area contributed by atoms with Gasteiger partial charge in [-0.2, -0.15) is 0 Å². The second-order valence-electron chi connectivity index (χ2n) is 5.33. The van der Waals surface area contributed by atoms with E-state index in [-0.39, 0.29) is 23.6 Å². The molecule has 21 heavy (non-hydrogen) atoms. The van der Waals surface area contributed by atoms with Crippen molar-refractivity contribution in [1.29, 1.82) is 0 Å². The first kappa shape index (κ1) is 15.2. The lowest BCUT2D eigenvalue weighted by atomic mass is 9.99. The van der Waals surface area contributed by atoms with E-state index in [1.54, 1.807) is 12.1 Å². The number of anilines is 1. The highest BCUT2D eigenvalue weighted by molar-refractivity contribution is 6.21. The Kier molecular flexibility index (Phi) is 4.09. The Morgan fingerprint density at radius 2 is 1.90 bits per heavy atom. The van der Waals surface area contributed by atoms with Crippen LogP contribution in [0.2, 0.25) is 0 Å². The number of hydrogen-bond donors (Lipinski definition) is 2. The van der Waals surface area contributed by atoms with Gasteiger partial charge in [-0.15, -0.1) is 0 Å². The fourth-order valence-electron chi connectivity index (χ4n) is 2.18. The minimum Gasteiger partial charge on any atom is -0.325 e. The summed E-state index contributed by atoms with van der Waals surface area (Å²) in [6.07, 6.45) is 0.802. The molecule has 0 bridgehead atoms. The van der Waals surface area contributed by atoms with Gasteiger partial charge in [0.05, 0.1) is 17.2 Å². The van der Waals surface area contributed by atoms with Crippen molar-refractivity contribution in [2.24, 2.45) is 11.7 Å². The average molecular weight is 289 g/mol. The smallest absolute Gasteiger partial charge is 0.261 e. The third kappa shape index (κ3) is 2.67. The lowest BCUT2D eigenvalue weighted by Gasteiger charge is -2.17. The molecule has 2 atom stereocenters. The van der Waals surface area contributed by atoms with E-state index < -0.39 is 6.04 Å². The maximum atomic E-state index is 12.0. The van der Waals surface area contributed by atoms with Crippen LogP contribution in [0.25, 0.3) is 0 Å². The van der Waals surface area contributed by atoms with Crippen LogP contribution >= 0.6 is 0 Å².